The molecule has 252 valence electrons. The van der Waals surface area contributed by atoms with Gasteiger partial charge >= 0.3 is 0 Å². The minimum atomic E-state index is 0.000315. The maximum Gasteiger partial charge on any atom is 0.0610 e. The van der Waals surface area contributed by atoms with Gasteiger partial charge in [-0.3, -0.25) is 0 Å². The molecule has 0 amide bonds. The van der Waals surface area contributed by atoms with Gasteiger partial charge in [-0.1, -0.05) is 24.3 Å². The Morgan fingerprint density at radius 1 is 0.298 bits per heavy atom. The lowest BCUT2D eigenvalue weighted by atomic mass is 10.0. The van der Waals surface area contributed by atoms with Crippen molar-refractivity contribution in [1.82, 2.24) is 0 Å². The van der Waals surface area contributed by atoms with E-state index in [4.69, 9.17) is 0 Å². The molecule has 0 bridgehead atoms. The number of nitrogens with zero attached hydrogens (tertiary/aromatic N) is 4. The second-order valence-corrected chi connectivity index (χ2v) is 11.2. The molecule has 4 aromatic rings. The van der Waals surface area contributed by atoms with Gasteiger partial charge < -0.3 is 50.2 Å². The molecule has 6 N–H and O–H groups in total. The minimum absolute atomic E-state index is 0.000315. The third-order valence-electron chi connectivity index (χ3n) is 8.08. The largest absolute Gasteiger partial charge is 0.395 e. The van der Waals surface area contributed by atoms with E-state index in [1.807, 2.05) is 58.3 Å². The first kappa shape index (κ1) is 35.7. The van der Waals surface area contributed by atoms with E-state index in [1.54, 1.807) is 0 Å². The molecule has 0 atom stereocenters. The summed E-state index contributed by atoms with van der Waals surface area (Å²) in [5.41, 5.74) is 7.96. The van der Waals surface area contributed by atoms with Gasteiger partial charge in [0.2, 0.25) is 0 Å². The molecule has 10 heteroatoms. The number of hydrogen-bond acceptors (Lipinski definition) is 10. The van der Waals surface area contributed by atoms with E-state index in [9.17, 15) is 30.6 Å². The molecule has 4 aromatic carbocycles. The van der Waals surface area contributed by atoms with Crippen LogP contribution >= 0.6 is 0 Å². The molecule has 0 saturated heterocycles. The molecule has 47 heavy (non-hydrogen) atoms. The summed E-state index contributed by atoms with van der Waals surface area (Å²) < 4.78 is 0. The smallest absolute Gasteiger partial charge is 0.0610 e. The molecule has 0 spiro atoms. The zero-order chi connectivity index (χ0) is 33.4. The number of anilines is 6. The standard InChI is InChI=1S/C37H48N4O6/c42-23-17-38(18-24-43)32-9-13-36(14-10-32)40(21-27-46)34-5-1-30(2-6-34)29-31-3-7-35(8-4-31)41(22-28-47)37-15-11-33(12-16-37)39(19-25-44)20-26-45/h1-16,42-47H,17-29H2. The van der Waals surface area contributed by atoms with E-state index in [0.29, 0.717) is 39.3 Å². The second kappa shape index (κ2) is 18.9. The van der Waals surface area contributed by atoms with Gasteiger partial charge in [-0.15, -0.1) is 0 Å². The molecule has 0 aliphatic carbocycles. The van der Waals surface area contributed by atoms with Crippen molar-refractivity contribution in [1.29, 1.82) is 0 Å². The minimum Gasteiger partial charge on any atom is -0.395 e. The van der Waals surface area contributed by atoms with Crippen molar-refractivity contribution >= 4 is 34.1 Å². The highest BCUT2D eigenvalue weighted by Crippen LogP contribution is 2.30. The number of benzene rings is 4. The number of rotatable bonds is 20. The second-order valence-electron chi connectivity index (χ2n) is 11.2. The fourth-order valence-corrected chi connectivity index (χ4v) is 5.75. The summed E-state index contributed by atoms with van der Waals surface area (Å²) in [6.45, 7) is 2.67. The SMILES string of the molecule is OCCN(CCO)c1ccc(N(CCO)c2ccc(Cc3ccc(N(CCO)c4ccc(N(CCO)CCO)cc4)cc3)cc2)cc1. The van der Waals surface area contributed by atoms with Crippen molar-refractivity contribution in [3.05, 3.63) is 108 Å². The lowest BCUT2D eigenvalue weighted by Gasteiger charge is -2.27. The monoisotopic (exact) mass is 644 g/mol. The molecule has 0 radical (unpaired) electrons. The van der Waals surface area contributed by atoms with Crippen LogP contribution in [-0.2, 0) is 6.42 Å². The van der Waals surface area contributed by atoms with E-state index in [2.05, 4.69) is 58.3 Å². The highest BCUT2D eigenvalue weighted by atomic mass is 16.3. The fraction of sp³-hybridized carbons (Fsp3) is 0.351. The molecule has 4 rings (SSSR count). The Bertz CT molecular complexity index is 1310. The van der Waals surface area contributed by atoms with Crippen LogP contribution in [-0.4, -0.2) is 110 Å². The van der Waals surface area contributed by atoms with E-state index < -0.39 is 0 Å². The van der Waals surface area contributed by atoms with Crippen LogP contribution in [0.2, 0.25) is 0 Å². The summed E-state index contributed by atoms with van der Waals surface area (Å²) in [5, 5.41) is 57.0. The summed E-state index contributed by atoms with van der Waals surface area (Å²) in [4.78, 5) is 7.98. The number of aliphatic hydroxyl groups is 6. The first-order chi connectivity index (χ1) is 23.0. The summed E-state index contributed by atoms with van der Waals surface area (Å²) in [7, 11) is 0. The normalized spacial score (nSPS) is 11.0. The van der Waals surface area contributed by atoms with Gasteiger partial charge in [0.05, 0.1) is 39.6 Å². The fourth-order valence-electron chi connectivity index (χ4n) is 5.75. The first-order valence-electron chi connectivity index (χ1n) is 16.1. The van der Waals surface area contributed by atoms with Crippen LogP contribution in [0.25, 0.3) is 0 Å². The van der Waals surface area contributed by atoms with Crippen molar-refractivity contribution in [2.75, 3.05) is 98.5 Å². The molecule has 0 unspecified atom stereocenters. The van der Waals surface area contributed by atoms with Gasteiger partial charge in [-0.2, -0.15) is 0 Å². The molecule has 0 saturated carbocycles. The summed E-state index contributed by atoms with van der Waals surface area (Å²) in [6, 6.07) is 32.4. The van der Waals surface area contributed by atoms with Crippen LogP contribution in [0.4, 0.5) is 34.1 Å². The molecule has 0 aliphatic rings. The molecule has 10 nitrogen and oxygen atoms in total. The average molecular weight is 645 g/mol. The van der Waals surface area contributed by atoms with E-state index in [0.717, 1.165) is 51.7 Å². The Labute approximate surface area is 277 Å². The van der Waals surface area contributed by atoms with Gasteiger partial charge in [0.1, 0.15) is 0 Å². The number of hydrogen-bond donors (Lipinski definition) is 6. The summed E-state index contributed by atoms with van der Waals surface area (Å²) in [5.74, 6) is 0. The Balaban J connectivity index is 1.44. The van der Waals surface area contributed by atoms with Gasteiger partial charge in [-0.25, -0.2) is 0 Å². The van der Waals surface area contributed by atoms with Gasteiger partial charge in [0, 0.05) is 73.4 Å². The van der Waals surface area contributed by atoms with E-state index in [1.165, 1.54) is 0 Å². The van der Waals surface area contributed by atoms with Crippen LogP contribution in [0.5, 0.6) is 0 Å². The maximum atomic E-state index is 9.79. The van der Waals surface area contributed by atoms with Crippen molar-refractivity contribution in [2.24, 2.45) is 0 Å². The Kier molecular flexibility index (Phi) is 14.3. The third kappa shape index (κ3) is 9.92. The average Bonchev–Trinajstić information content (AvgIpc) is 3.10. The predicted molar refractivity (Wildman–Crippen MR) is 190 cm³/mol. The van der Waals surface area contributed by atoms with E-state index in [-0.39, 0.29) is 39.6 Å². The van der Waals surface area contributed by atoms with Crippen LogP contribution < -0.4 is 19.6 Å². The predicted octanol–water partition coefficient (Wildman–Crippen LogP) is 3.12. The quantitative estimate of drug-likeness (QED) is 0.0853. The summed E-state index contributed by atoms with van der Waals surface area (Å²) in [6.07, 6.45) is 0.751. The van der Waals surface area contributed by atoms with Crippen molar-refractivity contribution in [3.63, 3.8) is 0 Å². The third-order valence-corrected chi connectivity index (χ3v) is 8.08. The highest BCUT2D eigenvalue weighted by molar-refractivity contribution is 5.67. The van der Waals surface area contributed by atoms with Gasteiger partial charge in [0.15, 0.2) is 0 Å². The highest BCUT2D eigenvalue weighted by Gasteiger charge is 2.13. The van der Waals surface area contributed by atoms with Crippen molar-refractivity contribution in [3.8, 4) is 0 Å². The topological polar surface area (TPSA) is 134 Å². The molecule has 0 aliphatic heterocycles. The van der Waals surface area contributed by atoms with Crippen LogP contribution in [0.1, 0.15) is 11.1 Å². The zero-order valence-electron chi connectivity index (χ0n) is 26.9. The van der Waals surface area contributed by atoms with E-state index >= 15 is 0 Å². The van der Waals surface area contributed by atoms with Crippen molar-refractivity contribution in [2.45, 2.75) is 6.42 Å². The lowest BCUT2D eigenvalue weighted by molar-refractivity contribution is 0.280. The maximum absolute atomic E-state index is 9.79. The first-order valence-corrected chi connectivity index (χ1v) is 16.1. The molecular weight excluding hydrogens is 596 g/mol. The van der Waals surface area contributed by atoms with Crippen LogP contribution in [0, 0.1) is 0 Å². The molecule has 0 heterocycles. The Morgan fingerprint density at radius 3 is 0.787 bits per heavy atom. The summed E-state index contributed by atoms with van der Waals surface area (Å²) >= 11 is 0. The van der Waals surface area contributed by atoms with Gasteiger partial charge in [-0.05, 0) is 90.3 Å². The lowest BCUT2D eigenvalue weighted by Crippen LogP contribution is -2.29. The van der Waals surface area contributed by atoms with Crippen LogP contribution in [0.15, 0.2) is 97.1 Å². The molecule has 0 fully saturated rings. The Morgan fingerprint density at radius 2 is 0.532 bits per heavy atom. The zero-order valence-corrected chi connectivity index (χ0v) is 26.9. The molecular formula is C37H48N4O6. The van der Waals surface area contributed by atoms with Gasteiger partial charge in [0.25, 0.3) is 0 Å². The van der Waals surface area contributed by atoms with Crippen LogP contribution in [0.3, 0.4) is 0 Å². The van der Waals surface area contributed by atoms with Crippen molar-refractivity contribution < 1.29 is 30.6 Å². The molecule has 0 aromatic heterocycles. The number of aliphatic hydroxyl groups excluding tert-OH is 6. The Hall–Kier alpha value is -4.16.